The van der Waals surface area contributed by atoms with Gasteiger partial charge in [-0.05, 0) is 47.6 Å². The van der Waals surface area contributed by atoms with E-state index in [1.807, 2.05) is 6.07 Å². The van der Waals surface area contributed by atoms with Crippen LogP contribution in [0.15, 0.2) is 36.4 Å². The third-order valence-corrected chi connectivity index (χ3v) is 5.65. The number of halogens is 2. The van der Waals surface area contributed by atoms with Gasteiger partial charge in [0.25, 0.3) is 0 Å². The predicted molar refractivity (Wildman–Crippen MR) is 124 cm³/mol. The zero-order chi connectivity index (χ0) is 24.2. The number of aliphatic hydroxyl groups is 1. The molecule has 5 nitrogen and oxygen atoms in total. The van der Waals surface area contributed by atoms with Gasteiger partial charge in [-0.25, -0.2) is 8.78 Å². The summed E-state index contributed by atoms with van der Waals surface area (Å²) in [6.07, 6.45) is 0.838. The molecule has 3 N–H and O–H groups in total. The predicted octanol–water partition coefficient (Wildman–Crippen LogP) is 4.07. The van der Waals surface area contributed by atoms with Crippen LogP contribution in [0, 0.1) is 17.0 Å². The van der Waals surface area contributed by atoms with Crippen molar-refractivity contribution in [3.63, 3.8) is 0 Å². The summed E-state index contributed by atoms with van der Waals surface area (Å²) in [5, 5.41) is 17.0. The molecular formula is C26H34F2N2O3. The molecule has 1 aliphatic heterocycles. The lowest BCUT2D eigenvalue weighted by atomic mass is 9.86. The molecule has 33 heavy (non-hydrogen) atoms. The van der Waals surface area contributed by atoms with Crippen molar-refractivity contribution in [2.24, 2.45) is 5.41 Å². The van der Waals surface area contributed by atoms with Crippen molar-refractivity contribution in [3.8, 4) is 5.75 Å². The molecule has 2 aromatic carbocycles. The Balaban J connectivity index is 1.70. The van der Waals surface area contributed by atoms with Crippen LogP contribution >= 0.6 is 0 Å². The number of benzene rings is 2. The van der Waals surface area contributed by atoms with Crippen molar-refractivity contribution in [1.82, 2.24) is 10.6 Å². The van der Waals surface area contributed by atoms with Crippen molar-refractivity contribution in [2.45, 2.75) is 65.1 Å². The van der Waals surface area contributed by atoms with Crippen molar-refractivity contribution in [1.29, 1.82) is 0 Å². The molecule has 1 aliphatic rings. The van der Waals surface area contributed by atoms with E-state index < -0.39 is 23.8 Å². The van der Waals surface area contributed by atoms with Gasteiger partial charge < -0.3 is 20.5 Å². The normalized spacial score (nSPS) is 17.6. The van der Waals surface area contributed by atoms with E-state index >= 15 is 0 Å². The van der Waals surface area contributed by atoms with Crippen molar-refractivity contribution in [2.75, 3.05) is 13.2 Å². The highest BCUT2D eigenvalue weighted by Gasteiger charge is 2.26. The zero-order valence-corrected chi connectivity index (χ0v) is 19.8. The van der Waals surface area contributed by atoms with Crippen LogP contribution in [0.2, 0.25) is 0 Å². The standard InChI is InChI=1S/C26H34F2N2O3/c1-16(31)30-23(12-18-9-19(27)13-20(28)10-18)24(32)15-29-22-7-8-33-25-6-5-17(11-21(22)25)14-26(2,3)4/h5-6,9-11,13,22-24,29,32H,7-8,12,14-15H2,1-4H3,(H,30,31)/t22-,23?,24?/m0/s1. The summed E-state index contributed by atoms with van der Waals surface area (Å²) in [6.45, 7) is 8.71. The molecule has 0 saturated heterocycles. The lowest BCUT2D eigenvalue weighted by Gasteiger charge is -2.30. The molecule has 1 amide bonds. The van der Waals surface area contributed by atoms with Gasteiger partial charge in [-0.15, -0.1) is 0 Å². The van der Waals surface area contributed by atoms with Crippen LogP contribution in [0.4, 0.5) is 8.78 Å². The van der Waals surface area contributed by atoms with Gasteiger partial charge in [-0.1, -0.05) is 32.9 Å². The second-order valence-electron chi connectivity index (χ2n) is 10.1. The van der Waals surface area contributed by atoms with E-state index in [9.17, 15) is 18.7 Å². The van der Waals surface area contributed by atoms with Gasteiger partial charge in [-0.2, -0.15) is 0 Å². The fourth-order valence-corrected chi connectivity index (χ4v) is 4.31. The highest BCUT2D eigenvalue weighted by Crippen LogP contribution is 2.34. The van der Waals surface area contributed by atoms with Crippen LogP contribution in [0.5, 0.6) is 5.75 Å². The molecule has 180 valence electrons. The Morgan fingerprint density at radius 2 is 1.85 bits per heavy atom. The highest BCUT2D eigenvalue weighted by atomic mass is 19.1. The first-order valence-electron chi connectivity index (χ1n) is 11.4. The summed E-state index contributed by atoms with van der Waals surface area (Å²) in [6, 6.07) is 8.77. The average molecular weight is 461 g/mol. The monoisotopic (exact) mass is 460 g/mol. The summed E-state index contributed by atoms with van der Waals surface area (Å²) >= 11 is 0. The van der Waals surface area contributed by atoms with Gasteiger partial charge in [-0.3, -0.25) is 4.79 Å². The SMILES string of the molecule is CC(=O)NC(Cc1cc(F)cc(F)c1)C(O)CN[C@H]1CCOc2ccc(CC(C)(C)C)cc21. The number of rotatable bonds is 8. The maximum Gasteiger partial charge on any atom is 0.217 e. The Kier molecular flexibility index (Phi) is 8.08. The van der Waals surface area contributed by atoms with Gasteiger partial charge in [0.2, 0.25) is 5.91 Å². The summed E-state index contributed by atoms with van der Waals surface area (Å²) in [7, 11) is 0. The molecule has 3 atom stereocenters. The number of carbonyl (C=O) groups excluding carboxylic acids is 1. The fourth-order valence-electron chi connectivity index (χ4n) is 4.31. The van der Waals surface area contributed by atoms with Crippen LogP contribution in [-0.2, 0) is 17.6 Å². The topological polar surface area (TPSA) is 70.6 Å². The minimum Gasteiger partial charge on any atom is -0.493 e. The Labute approximate surface area is 194 Å². The summed E-state index contributed by atoms with van der Waals surface area (Å²) < 4.78 is 33.0. The lowest BCUT2D eigenvalue weighted by molar-refractivity contribution is -0.120. The molecule has 7 heteroatoms. The Morgan fingerprint density at radius 1 is 1.15 bits per heavy atom. The molecule has 0 saturated carbocycles. The smallest absolute Gasteiger partial charge is 0.217 e. The van der Waals surface area contributed by atoms with Crippen molar-refractivity contribution in [3.05, 3.63) is 64.7 Å². The molecular weight excluding hydrogens is 426 g/mol. The first-order chi connectivity index (χ1) is 15.5. The molecule has 2 aromatic rings. The van der Waals surface area contributed by atoms with Gasteiger partial charge in [0, 0.05) is 37.6 Å². The molecule has 0 radical (unpaired) electrons. The number of fused-ring (bicyclic) bond motifs is 1. The number of ether oxygens (including phenoxy) is 1. The Hall–Kier alpha value is -2.51. The van der Waals surface area contributed by atoms with Crippen LogP contribution in [0.25, 0.3) is 0 Å². The quantitative estimate of drug-likeness (QED) is 0.555. The van der Waals surface area contributed by atoms with Crippen LogP contribution < -0.4 is 15.4 Å². The Morgan fingerprint density at radius 3 is 2.48 bits per heavy atom. The van der Waals surface area contributed by atoms with Crippen molar-refractivity contribution < 1.29 is 23.4 Å². The molecule has 0 spiro atoms. The summed E-state index contributed by atoms with van der Waals surface area (Å²) in [4.78, 5) is 11.7. The van der Waals surface area contributed by atoms with Crippen molar-refractivity contribution >= 4 is 5.91 Å². The van der Waals surface area contributed by atoms with E-state index in [4.69, 9.17) is 4.74 Å². The second-order valence-corrected chi connectivity index (χ2v) is 10.1. The Bertz CT molecular complexity index is 954. The molecule has 0 aliphatic carbocycles. The molecule has 1 heterocycles. The van der Waals surface area contributed by atoms with Crippen LogP contribution in [0.1, 0.15) is 56.8 Å². The van der Waals surface area contributed by atoms with Crippen LogP contribution in [0.3, 0.4) is 0 Å². The third kappa shape index (κ3) is 7.51. The minimum atomic E-state index is -0.954. The van der Waals surface area contributed by atoms with Gasteiger partial charge in [0.15, 0.2) is 0 Å². The van der Waals surface area contributed by atoms with E-state index in [2.05, 4.69) is 43.5 Å². The average Bonchev–Trinajstić information content (AvgIpc) is 2.69. The number of carbonyl (C=O) groups is 1. The van der Waals surface area contributed by atoms with Gasteiger partial charge in [0.05, 0.1) is 18.8 Å². The largest absolute Gasteiger partial charge is 0.493 e. The van der Waals surface area contributed by atoms with Gasteiger partial charge in [0.1, 0.15) is 17.4 Å². The first-order valence-corrected chi connectivity index (χ1v) is 11.4. The summed E-state index contributed by atoms with van der Waals surface area (Å²) in [5.74, 6) is -0.869. The van der Waals surface area contributed by atoms with Crippen LogP contribution in [-0.4, -0.2) is 36.3 Å². The second kappa shape index (κ2) is 10.6. The maximum atomic E-state index is 13.6. The van der Waals surface area contributed by atoms with E-state index in [0.717, 1.165) is 30.2 Å². The maximum absolute atomic E-state index is 13.6. The van der Waals surface area contributed by atoms with E-state index in [0.29, 0.717) is 12.2 Å². The molecule has 2 unspecified atom stereocenters. The van der Waals surface area contributed by atoms with E-state index in [1.165, 1.54) is 24.6 Å². The number of amides is 1. The minimum absolute atomic E-state index is 0.00656. The lowest BCUT2D eigenvalue weighted by Crippen LogP contribution is -2.48. The zero-order valence-electron chi connectivity index (χ0n) is 19.8. The fraction of sp³-hybridized carbons (Fsp3) is 0.500. The molecule has 0 bridgehead atoms. The number of hydrogen-bond donors (Lipinski definition) is 3. The molecule has 0 fully saturated rings. The van der Waals surface area contributed by atoms with E-state index in [1.54, 1.807) is 0 Å². The number of nitrogens with one attached hydrogen (secondary N) is 2. The third-order valence-electron chi connectivity index (χ3n) is 5.65. The number of hydrogen-bond acceptors (Lipinski definition) is 4. The van der Waals surface area contributed by atoms with E-state index in [-0.39, 0.29) is 30.3 Å². The van der Waals surface area contributed by atoms with Gasteiger partial charge >= 0.3 is 0 Å². The number of aliphatic hydroxyl groups excluding tert-OH is 1. The highest BCUT2D eigenvalue weighted by molar-refractivity contribution is 5.73. The summed E-state index contributed by atoms with van der Waals surface area (Å²) in [5.41, 5.74) is 2.81. The first kappa shape index (κ1) is 25.1. The molecule has 0 aromatic heterocycles. The molecule has 3 rings (SSSR count).